The zero-order chi connectivity index (χ0) is 23.3. The van der Waals surface area contributed by atoms with Gasteiger partial charge in [0.15, 0.2) is 0 Å². The lowest BCUT2D eigenvalue weighted by Gasteiger charge is -2.23. The molecule has 4 unspecified atom stereocenters. The van der Waals surface area contributed by atoms with E-state index in [-0.39, 0.29) is 25.0 Å². The lowest BCUT2D eigenvalue weighted by atomic mass is 10.1. The minimum absolute atomic E-state index is 0.0998. The van der Waals surface area contributed by atoms with E-state index in [2.05, 4.69) is 28.6 Å². The Kier molecular flexibility index (Phi) is 13.4. The van der Waals surface area contributed by atoms with Gasteiger partial charge in [-0.15, -0.1) is 0 Å². The van der Waals surface area contributed by atoms with Crippen LogP contribution in [-0.2, 0) is 24.0 Å². The first-order chi connectivity index (χ1) is 14.0. The number of carbonyl (C=O) groups excluding carboxylic acids is 3. The van der Waals surface area contributed by atoms with E-state index in [1.165, 1.54) is 6.92 Å². The standard InChI is InChI=1S/C17H31N5O7S/c1-9(14(25)22-12(8-30)17(28)29)20-16(27)11(4-2-3-7-18)21-15(26)10(19)5-6-13(23)24/h9-12,30H,2-8,18-19H2,1H3,(H,20,27)(H,21,26)(H,22,25)(H,23,24)(H,28,29). The van der Waals surface area contributed by atoms with Crippen molar-refractivity contribution in [2.75, 3.05) is 12.3 Å². The van der Waals surface area contributed by atoms with Crippen LogP contribution in [0.15, 0.2) is 0 Å². The first kappa shape index (κ1) is 27.6. The summed E-state index contributed by atoms with van der Waals surface area (Å²) >= 11 is 3.85. The van der Waals surface area contributed by atoms with Gasteiger partial charge in [-0.05, 0) is 39.2 Å². The third kappa shape index (κ3) is 11.0. The summed E-state index contributed by atoms with van der Waals surface area (Å²) in [4.78, 5) is 58.5. The number of carboxylic acid groups (broad SMARTS) is 2. The highest BCUT2D eigenvalue weighted by atomic mass is 32.1. The van der Waals surface area contributed by atoms with E-state index in [1.54, 1.807) is 0 Å². The van der Waals surface area contributed by atoms with E-state index in [0.29, 0.717) is 19.4 Å². The molecule has 0 aliphatic carbocycles. The van der Waals surface area contributed by atoms with Crippen LogP contribution >= 0.6 is 12.6 Å². The van der Waals surface area contributed by atoms with Crippen LogP contribution in [0.5, 0.6) is 0 Å². The first-order valence-electron chi connectivity index (χ1n) is 9.45. The van der Waals surface area contributed by atoms with Crippen molar-refractivity contribution in [1.29, 1.82) is 0 Å². The summed E-state index contributed by atoms with van der Waals surface area (Å²) < 4.78 is 0. The zero-order valence-electron chi connectivity index (χ0n) is 16.8. The van der Waals surface area contributed by atoms with Crippen LogP contribution < -0.4 is 27.4 Å². The van der Waals surface area contributed by atoms with Crippen LogP contribution in [0.25, 0.3) is 0 Å². The Hall–Kier alpha value is -2.38. The Morgan fingerprint density at radius 2 is 1.50 bits per heavy atom. The predicted molar refractivity (Wildman–Crippen MR) is 111 cm³/mol. The lowest BCUT2D eigenvalue weighted by molar-refractivity contribution is -0.141. The van der Waals surface area contributed by atoms with E-state index in [0.717, 1.165) is 0 Å². The van der Waals surface area contributed by atoms with Crippen molar-refractivity contribution in [3.8, 4) is 0 Å². The van der Waals surface area contributed by atoms with Gasteiger partial charge >= 0.3 is 11.9 Å². The molecule has 0 saturated carbocycles. The highest BCUT2D eigenvalue weighted by Gasteiger charge is 2.27. The number of carboxylic acids is 2. The van der Waals surface area contributed by atoms with Gasteiger partial charge in [0.2, 0.25) is 17.7 Å². The number of rotatable bonds is 15. The molecule has 0 saturated heterocycles. The van der Waals surface area contributed by atoms with E-state index >= 15 is 0 Å². The number of unbranched alkanes of at least 4 members (excludes halogenated alkanes) is 1. The molecule has 0 fully saturated rings. The molecule has 9 N–H and O–H groups in total. The molecule has 0 radical (unpaired) electrons. The second kappa shape index (κ2) is 14.6. The molecule has 0 aliphatic rings. The fourth-order valence-corrected chi connectivity index (χ4v) is 2.56. The molecular formula is C17H31N5O7S. The number of nitrogens with one attached hydrogen (secondary N) is 3. The van der Waals surface area contributed by atoms with Crippen molar-refractivity contribution in [2.45, 2.75) is 63.2 Å². The highest BCUT2D eigenvalue weighted by Crippen LogP contribution is 2.04. The zero-order valence-corrected chi connectivity index (χ0v) is 17.7. The lowest BCUT2D eigenvalue weighted by Crippen LogP contribution is -2.56. The van der Waals surface area contributed by atoms with E-state index < -0.39 is 53.8 Å². The average molecular weight is 450 g/mol. The molecule has 12 nitrogen and oxygen atoms in total. The summed E-state index contributed by atoms with van der Waals surface area (Å²) in [5.41, 5.74) is 11.1. The van der Waals surface area contributed by atoms with Gasteiger partial charge in [-0.2, -0.15) is 12.6 Å². The molecule has 3 amide bonds. The summed E-state index contributed by atoms with van der Waals surface area (Å²) in [5, 5.41) is 24.8. The van der Waals surface area contributed by atoms with Gasteiger partial charge in [0.25, 0.3) is 0 Å². The molecule has 0 bridgehead atoms. The van der Waals surface area contributed by atoms with Crippen LogP contribution in [0.2, 0.25) is 0 Å². The van der Waals surface area contributed by atoms with Gasteiger partial charge in [-0.3, -0.25) is 19.2 Å². The number of aliphatic carboxylic acids is 2. The topological polar surface area (TPSA) is 214 Å². The Labute approximate surface area is 179 Å². The Morgan fingerprint density at radius 3 is 2.00 bits per heavy atom. The minimum Gasteiger partial charge on any atom is -0.481 e. The van der Waals surface area contributed by atoms with E-state index in [4.69, 9.17) is 21.7 Å². The average Bonchev–Trinajstić information content (AvgIpc) is 2.68. The maximum Gasteiger partial charge on any atom is 0.327 e. The normalized spacial score (nSPS) is 14.7. The van der Waals surface area contributed by atoms with Gasteiger partial charge in [0, 0.05) is 12.2 Å². The number of hydrogen-bond acceptors (Lipinski definition) is 8. The SMILES string of the molecule is CC(NC(=O)C(CCCCN)NC(=O)C(N)CCC(=O)O)C(=O)NC(CS)C(=O)O. The highest BCUT2D eigenvalue weighted by molar-refractivity contribution is 7.80. The Morgan fingerprint density at radius 1 is 0.900 bits per heavy atom. The molecule has 0 heterocycles. The van der Waals surface area contributed by atoms with Gasteiger partial charge in [-0.25, -0.2) is 4.79 Å². The first-order valence-corrected chi connectivity index (χ1v) is 10.1. The fraction of sp³-hybridized carbons (Fsp3) is 0.706. The molecule has 30 heavy (non-hydrogen) atoms. The van der Waals surface area contributed by atoms with Gasteiger partial charge in [0.05, 0.1) is 6.04 Å². The van der Waals surface area contributed by atoms with Gasteiger partial charge < -0.3 is 37.6 Å². The second-order valence-corrected chi connectivity index (χ2v) is 7.06. The largest absolute Gasteiger partial charge is 0.481 e. The molecule has 0 rings (SSSR count). The van der Waals surface area contributed by atoms with Crippen molar-refractivity contribution in [3.63, 3.8) is 0 Å². The molecule has 0 aromatic heterocycles. The Balaban J connectivity index is 4.98. The number of carbonyl (C=O) groups is 5. The smallest absolute Gasteiger partial charge is 0.327 e. The van der Waals surface area contributed by atoms with Crippen LogP contribution in [0.4, 0.5) is 0 Å². The molecule has 0 spiro atoms. The van der Waals surface area contributed by atoms with Crippen LogP contribution in [0.3, 0.4) is 0 Å². The summed E-state index contributed by atoms with van der Waals surface area (Å²) in [5.74, 6) is -4.58. The van der Waals surface area contributed by atoms with Crippen molar-refractivity contribution in [2.24, 2.45) is 11.5 Å². The number of nitrogens with two attached hydrogens (primary N) is 2. The van der Waals surface area contributed by atoms with Crippen molar-refractivity contribution < 1.29 is 34.2 Å². The Bertz CT molecular complexity index is 619. The van der Waals surface area contributed by atoms with Crippen molar-refractivity contribution in [3.05, 3.63) is 0 Å². The summed E-state index contributed by atoms with van der Waals surface area (Å²) in [6, 6.07) is -4.42. The summed E-state index contributed by atoms with van der Waals surface area (Å²) in [7, 11) is 0. The quantitative estimate of drug-likeness (QED) is 0.100. The minimum atomic E-state index is -1.26. The second-order valence-electron chi connectivity index (χ2n) is 6.70. The molecule has 172 valence electrons. The van der Waals surface area contributed by atoms with Crippen molar-refractivity contribution >= 4 is 42.3 Å². The monoisotopic (exact) mass is 449 g/mol. The van der Waals surface area contributed by atoms with E-state index in [1.807, 2.05) is 0 Å². The molecule has 13 heteroatoms. The maximum absolute atomic E-state index is 12.6. The van der Waals surface area contributed by atoms with Crippen LogP contribution in [-0.4, -0.2) is 76.3 Å². The molecule has 0 aromatic carbocycles. The third-order valence-electron chi connectivity index (χ3n) is 4.14. The predicted octanol–water partition coefficient (Wildman–Crippen LogP) is -2.20. The van der Waals surface area contributed by atoms with Gasteiger partial charge in [-0.1, -0.05) is 0 Å². The number of hydrogen-bond donors (Lipinski definition) is 8. The van der Waals surface area contributed by atoms with Gasteiger partial charge in [0.1, 0.15) is 18.1 Å². The maximum atomic E-state index is 12.6. The molecular weight excluding hydrogens is 418 g/mol. The third-order valence-corrected chi connectivity index (χ3v) is 4.50. The van der Waals surface area contributed by atoms with E-state index in [9.17, 15) is 24.0 Å². The molecule has 4 atom stereocenters. The van der Waals surface area contributed by atoms with Crippen LogP contribution in [0, 0.1) is 0 Å². The number of amides is 3. The van der Waals surface area contributed by atoms with Crippen molar-refractivity contribution in [1.82, 2.24) is 16.0 Å². The fourth-order valence-electron chi connectivity index (χ4n) is 2.31. The number of thiol groups is 1. The molecule has 0 aliphatic heterocycles. The summed E-state index contributed by atoms with van der Waals surface area (Å²) in [6.45, 7) is 1.75. The summed E-state index contributed by atoms with van der Waals surface area (Å²) in [6.07, 6.45) is 0.940. The van der Waals surface area contributed by atoms with Crippen LogP contribution in [0.1, 0.15) is 39.0 Å². The molecule has 0 aromatic rings.